The molecular formula is C7H14SSe. The van der Waals surface area contributed by atoms with Crippen molar-refractivity contribution in [2.45, 2.75) is 33.1 Å². The Labute approximate surface area is 70.2 Å². The third kappa shape index (κ3) is 6.63. The minimum absolute atomic E-state index is 1.17. The average Bonchev–Trinajstić information content (AvgIpc) is 1.89. The van der Waals surface area contributed by atoms with E-state index < -0.39 is 0 Å². The summed E-state index contributed by atoms with van der Waals surface area (Å²) in [7, 11) is 0. The number of hydrogen-bond donors (Lipinski definition) is 0. The Morgan fingerprint density at radius 2 is 2.11 bits per heavy atom. The van der Waals surface area contributed by atoms with Crippen LogP contribution in [0, 0.1) is 0 Å². The van der Waals surface area contributed by atoms with Crippen molar-refractivity contribution in [1.29, 1.82) is 0 Å². The first-order valence-corrected chi connectivity index (χ1v) is 5.31. The minimum atomic E-state index is 1.17. The molecular weight excluding hydrogens is 195 g/mol. The standard InChI is InChI=1S/C7H14SSe/c1-3-5-6-8-7(9)4-2/h3-6H2,1-2H3. The summed E-state index contributed by atoms with van der Waals surface area (Å²) in [6.07, 6.45) is 3.83. The van der Waals surface area contributed by atoms with Gasteiger partial charge in [-0.15, -0.1) is 0 Å². The van der Waals surface area contributed by atoms with E-state index >= 15 is 0 Å². The fraction of sp³-hybridized carbons (Fsp3) is 0.857. The van der Waals surface area contributed by atoms with Crippen molar-refractivity contribution in [1.82, 2.24) is 0 Å². The molecule has 0 radical (unpaired) electrons. The molecule has 0 fully saturated rings. The van der Waals surface area contributed by atoms with Crippen LogP contribution in [0.1, 0.15) is 33.1 Å². The summed E-state index contributed by atoms with van der Waals surface area (Å²) in [5.41, 5.74) is 0. The van der Waals surface area contributed by atoms with E-state index in [1.54, 1.807) is 0 Å². The van der Waals surface area contributed by atoms with E-state index in [-0.39, 0.29) is 0 Å². The Balaban J connectivity index is 2.97. The summed E-state index contributed by atoms with van der Waals surface area (Å²) in [5.74, 6) is 1.28. The van der Waals surface area contributed by atoms with E-state index in [1.165, 1.54) is 28.8 Å². The second kappa shape index (κ2) is 6.85. The molecule has 0 aliphatic rings. The van der Waals surface area contributed by atoms with E-state index in [9.17, 15) is 0 Å². The van der Waals surface area contributed by atoms with Gasteiger partial charge in [0.2, 0.25) is 0 Å². The summed E-state index contributed by atoms with van der Waals surface area (Å²) in [4.78, 5) is 0. The van der Waals surface area contributed by atoms with E-state index in [4.69, 9.17) is 0 Å². The molecule has 0 aliphatic heterocycles. The molecule has 0 aromatic rings. The van der Waals surface area contributed by atoms with Crippen LogP contribution in [0.15, 0.2) is 0 Å². The van der Waals surface area contributed by atoms with Crippen molar-refractivity contribution in [3.63, 3.8) is 0 Å². The van der Waals surface area contributed by atoms with Gasteiger partial charge in [-0.05, 0) is 0 Å². The van der Waals surface area contributed by atoms with Crippen LogP contribution in [0.4, 0.5) is 0 Å². The number of rotatable bonds is 5. The Hall–Kier alpha value is 0.739. The zero-order valence-corrected chi connectivity index (χ0v) is 8.67. The molecule has 0 heterocycles. The fourth-order valence-electron chi connectivity index (χ4n) is 0.432. The van der Waals surface area contributed by atoms with Crippen molar-refractivity contribution in [3.05, 3.63) is 0 Å². The normalized spacial score (nSPS) is 9.56. The van der Waals surface area contributed by atoms with E-state index in [0.29, 0.717) is 0 Å². The van der Waals surface area contributed by atoms with E-state index in [1.807, 2.05) is 11.8 Å². The van der Waals surface area contributed by atoms with Crippen LogP contribution in [-0.4, -0.2) is 25.1 Å². The predicted molar refractivity (Wildman–Crippen MR) is 48.4 cm³/mol. The van der Waals surface area contributed by atoms with Crippen LogP contribution in [0.3, 0.4) is 0 Å². The number of thioether (sulfide) groups is 1. The van der Waals surface area contributed by atoms with Crippen LogP contribution < -0.4 is 0 Å². The molecule has 0 aliphatic carbocycles. The van der Waals surface area contributed by atoms with Gasteiger partial charge in [0.05, 0.1) is 0 Å². The Bertz CT molecular complexity index is 81.0. The molecule has 0 spiro atoms. The van der Waals surface area contributed by atoms with Crippen molar-refractivity contribution in [2.75, 3.05) is 5.75 Å². The fourth-order valence-corrected chi connectivity index (χ4v) is 1.82. The van der Waals surface area contributed by atoms with Gasteiger partial charge < -0.3 is 0 Å². The van der Waals surface area contributed by atoms with Crippen molar-refractivity contribution < 1.29 is 0 Å². The van der Waals surface area contributed by atoms with Gasteiger partial charge in [0, 0.05) is 0 Å². The van der Waals surface area contributed by atoms with Gasteiger partial charge >= 0.3 is 69.9 Å². The molecule has 54 valence electrons. The Kier molecular flexibility index (Phi) is 7.42. The summed E-state index contributed by atoms with van der Waals surface area (Å²) < 4.78 is 1.45. The molecule has 0 saturated carbocycles. The number of hydrogen-bond acceptors (Lipinski definition) is 1. The zero-order chi connectivity index (χ0) is 7.11. The third-order valence-electron chi connectivity index (χ3n) is 1.05. The van der Waals surface area contributed by atoms with Crippen LogP contribution in [0.5, 0.6) is 0 Å². The van der Waals surface area contributed by atoms with Crippen LogP contribution in [-0.2, 0) is 0 Å². The maximum atomic E-state index is 3.07. The van der Waals surface area contributed by atoms with Gasteiger partial charge in [-0.2, -0.15) is 0 Å². The Morgan fingerprint density at radius 1 is 1.44 bits per heavy atom. The molecule has 0 atom stereocenters. The molecule has 0 unspecified atom stereocenters. The van der Waals surface area contributed by atoms with E-state index in [2.05, 4.69) is 29.4 Å². The topological polar surface area (TPSA) is 0 Å². The molecule has 0 aromatic carbocycles. The van der Waals surface area contributed by atoms with Crippen LogP contribution in [0.2, 0.25) is 0 Å². The molecule has 2 heteroatoms. The summed E-state index contributed by atoms with van der Waals surface area (Å²) in [5, 5.41) is 0. The van der Waals surface area contributed by atoms with Gasteiger partial charge in [0.25, 0.3) is 0 Å². The van der Waals surface area contributed by atoms with Crippen molar-refractivity contribution in [3.8, 4) is 0 Å². The van der Waals surface area contributed by atoms with Crippen LogP contribution >= 0.6 is 11.8 Å². The predicted octanol–water partition coefficient (Wildman–Crippen LogP) is 2.23. The second-order valence-electron chi connectivity index (χ2n) is 1.93. The van der Waals surface area contributed by atoms with Crippen LogP contribution in [0.25, 0.3) is 0 Å². The summed E-state index contributed by atoms with van der Waals surface area (Å²) >= 11 is 5.03. The second-order valence-corrected chi connectivity index (χ2v) is 4.73. The SMILES string of the molecule is CCCCSC(=[Se])CC. The monoisotopic (exact) mass is 210 g/mol. The van der Waals surface area contributed by atoms with Crippen molar-refractivity contribution >= 4 is 31.1 Å². The molecule has 0 aromatic heterocycles. The molecule has 0 bridgehead atoms. The molecule has 0 nitrogen and oxygen atoms in total. The zero-order valence-electron chi connectivity index (χ0n) is 6.14. The third-order valence-corrected chi connectivity index (χ3v) is 3.50. The first-order chi connectivity index (χ1) is 4.31. The molecule has 0 amide bonds. The first kappa shape index (κ1) is 9.74. The summed E-state index contributed by atoms with van der Waals surface area (Å²) in [6, 6.07) is 0. The van der Waals surface area contributed by atoms with Gasteiger partial charge in [0.1, 0.15) is 0 Å². The molecule has 0 rings (SSSR count). The van der Waals surface area contributed by atoms with Gasteiger partial charge in [-0.1, -0.05) is 0 Å². The summed E-state index contributed by atoms with van der Waals surface area (Å²) in [6.45, 7) is 4.41. The molecule has 0 N–H and O–H groups in total. The molecule has 9 heavy (non-hydrogen) atoms. The first-order valence-electron chi connectivity index (χ1n) is 3.46. The maximum absolute atomic E-state index is 3.07. The molecule has 0 saturated heterocycles. The van der Waals surface area contributed by atoms with Gasteiger partial charge in [-0.3, -0.25) is 0 Å². The van der Waals surface area contributed by atoms with Gasteiger partial charge in [-0.25, -0.2) is 0 Å². The van der Waals surface area contributed by atoms with E-state index in [0.717, 1.165) is 0 Å². The van der Waals surface area contributed by atoms with Gasteiger partial charge in [0.15, 0.2) is 0 Å². The quantitative estimate of drug-likeness (QED) is 0.494. The van der Waals surface area contributed by atoms with Crippen molar-refractivity contribution in [2.24, 2.45) is 0 Å². The average molecular weight is 209 g/mol. The number of unbranched alkanes of at least 4 members (excludes halogenated alkanes) is 1. The Morgan fingerprint density at radius 3 is 2.56 bits per heavy atom.